The molecule has 1 aromatic rings. The lowest BCUT2D eigenvalue weighted by Gasteiger charge is -2.15. The summed E-state index contributed by atoms with van der Waals surface area (Å²) < 4.78 is 23.3. The van der Waals surface area contributed by atoms with Crippen molar-refractivity contribution in [1.82, 2.24) is 9.55 Å². The number of sulfone groups is 1. The number of hydrogen-bond donors (Lipinski definition) is 3. The third-order valence-corrected chi connectivity index (χ3v) is 3.51. The molecular formula is C11H20N4O4S. The molecule has 1 heterocycles. The molecule has 0 saturated heterocycles. The number of H-pyrrole nitrogens is 1. The highest BCUT2D eigenvalue weighted by Gasteiger charge is 2.13. The van der Waals surface area contributed by atoms with Crippen LogP contribution in [0.5, 0.6) is 0 Å². The number of rotatable bonds is 6. The number of aromatic nitrogens is 2. The van der Waals surface area contributed by atoms with Gasteiger partial charge in [0.2, 0.25) is 0 Å². The van der Waals surface area contributed by atoms with Gasteiger partial charge in [-0.2, -0.15) is 0 Å². The second-order valence-electron chi connectivity index (χ2n) is 5.08. The van der Waals surface area contributed by atoms with E-state index in [2.05, 4.69) is 10.3 Å². The Balaban J connectivity index is 3.08. The summed E-state index contributed by atoms with van der Waals surface area (Å²) in [4.78, 5) is 25.5. The van der Waals surface area contributed by atoms with Crippen molar-refractivity contribution in [2.75, 3.05) is 29.6 Å². The molecule has 20 heavy (non-hydrogen) atoms. The van der Waals surface area contributed by atoms with Crippen molar-refractivity contribution in [3.8, 4) is 0 Å². The molecule has 1 aromatic heterocycles. The van der Waals surface area contributed by atoms with E-state index in [0.29, 0.717) is 6.54 Å². The van der Waals surface area contributed by atoms with Crippen LogP contribution in [-0.4, -0.2) is 36.5 Å². The highest BCUT2D eigenvalue weighted by atomic mass is 32.2. The van der Waals surface area contributed by atoms with Crippen LogP contribution >= 0.6 is 0 Å². The quantitative estimate of drug-likeness (QED) is 0.633. The first kappa shape index (κ1) is 16.3. The molecule has 0 bridgehead atoms. The average molecular weight is 304 g/mol. The summed E-state index contributed by atoms with van der Waals surface area (Å²) in [6, 6.07) is 0. The first-order chi connectivity index (χ1) is 9.11. The molecule has 4 N–H and O–H groups in total. The minimum atomic E-state index is -3.14. The molecule has 0 atom stereocenters. The first-order valence-corrected chi connectivity index (χ1v) is 8.22. The lowest BCUT2D eigenvalue weighted by molar-refractivity contribution is 0.508. The highest BCUT2D eigenvalue weighted by Crippen LogP contribution is 2.11. The fraction of sp³-hybridized carbons (Fsp3) is 0.636. The molecule has 0 radical (unpaired) electrons. The van der Waals surface area contributed by atoms with Crippen molar-refractivity contribution in [2.45, 2.75) is 20.4 Å². The van der Waals surface area contributed by atoms with E-state index in [-0.39, 0.29) is 29.7 Å². The zero-order chi connectivity index (χ0) is 15.5. The average Bonchev–Trinajstić information content (AvgIpc) is 2.27. The molecule has 0 spiro atoms. The van der Waals surface area contributed by atoms with Crippen LogP contribution in [0.1, 0.15) is 13.8 Å². The van der Waals surface area contributed by atoms with Crippen LogP contribution < -0.4 is 22.3 Å². The van der Waals surface area contributed by atoms with Crippen LogP contribution in [0.4, 0.5) is 11.5 Å². The molecule has 0 aliphatic rings. The van der Waals surface area contributed by atoms with Crippen molar-refractivity contribution in [3.63, 3.8) is 0 Å². The molecule has 0 aliphatic heterocycles. The number of aromatic amines is 1. The van der Waals surface area contributed by atoms with Crippen molar-refractivity contribution in [3.05, 3.63) is 20.8 Å². The van der Waals surface area contributed by atoms with E-state index in [0.717, 1.165) is 6.26 Å². The number of anilines is 2. The van der Waals surface area contributed by atoms with Gasteiger partial charge in [-0.25, -0.2) is 13.2 Å². The van der Waals surface area contributed by atoms with Gasteiger partial charge in [0.05, 0.1) is 5.75 Å². The summed E-state index contributed by atoms with van der Waals surface area (Å²) in [7, 11) is -3.14. The number of nitrogens with one attached hydrogen (secondary N) is 2. The second-order valence-corrected chi connectivity index (χ2v) is 7.34. The molecule has 0 fully saturated rings. The van der Waals surface area contributed by atoms with Crippen LogP contribution in [0, 0.1) is 5.92 Å². The van der Waals surface area contributed by atoms with Gasteiger partial charge < -0.3 is 11.1 Å². The van der Waals surface area contributed by atoms with Gasteiger partial charge in [0.25, 0.3) is 5.56 Å². The molecule has 114 valence electrons. The van der Waals surface area contributed by atoms with Gasteiger partial charge >= 0.3 is 5.69 Å². The molecule has 9 heteroatoms. The topological polar surface area (TPSA) is 127 Å². The molecule has 0 unspecified atom stereocenters. The monoisotopic (exact) mass is 304 g/mol. The Morgan fingerprint density at radius 2 is 1.95 bits per heavy atom. The Kier molecular flexibility index (Phi) is 4.98. The minimum absolute atomic E-state index is 0.0148. The summed E-state index contributed by atoms with van der Waals surface area (Å²) in [5, 5.41) is 2.67. The van der Waals surface area contributed by atoms with Crippen LogP contribution in [0.15, 0.2) is 9.59 Å². The molecule has 0 aliphatic carbocycles. The third kappa shape index (κ3) is 4.41. The van der Waals surface area contributed by atoms with E-state index in [9.17, 15) is 18.0 Å². The molecule has 0 amide bonds. The maximum absolute atomic E-state index is 11.7. The van der Waals surface area contributed by atoms with Crippen LogP contribution in [0.2, 0.25) is 0 Å². The highest BCUT2D eigenvalue weighted by molar-refractivity contribution is 7.90. The second kappa shape index (κ2) is 6.12. The number of nitrogens with two attached hydrogens (primary N) is 1. The van der Waals surface area contributed by atoms with E-state index in [1.54, 1.807) is 0 Å². The zero-order valence-corrected chi connectivity index (χ0v) is 12.6. The summed E-state index contributed by atoms with van der Waals surface area (Å²) in [6.45, 7) is 4.23. The molecule has 1 rings (SSSR count). The number of hydrogen-bond acceptors (Lipinski definition) is 6. The lowest BCUT2D eigenvalue weighted by atomic mass is 10.2. The molecule has 0 aromatic carbocycles. The van der Waals surface area contributed by atoms with Gasteiger partial charge in [0, 0.05) is 19.3 Å². The SMILES string of the molecule is CC(C)Cn1c(N)c(NCCS(C)(=O)=O)c(=O)[nH]c1=O. The van der Waals surface area contributed by atoms with E-state index in [1.165, 1.54) is 4.57 Å². The predicted octanol–water partition coefficient (Wildman–Crippen LogP) is -0.769. The smallest absolute Gasteiger partial charge is 0.330 e. The van der Waals surface area contributed by atoms with Gasteiger partial charge in [0.1, 0.15) is 21.3 Å². The Labute approximate surface area is 116 Å². The Morgan fingerprint density at radius 3 is 2.45 bits per heavy atom. The fourth-order valence-electron chi connectivity index (χ4n) is 1.67. The lowest BCUT2D eigenvalue weighted by Crippen LogP contribution is -2.35. The maximum atomic E-state index is 11.7. The van der Waals surface area contributed by atoms with E-state index in [1.807, 2.05) is 13.8 Å². The standard InChI is InChI=1S/C11H20N4O4S/c1-7(2)6-15-9(12)8(10(16)14-11(15)17)13-4-5-20(3,18)19/h7,13H,4-6,12H2,1-3H3,(H,14,16,17). The van der Waals surface area contributed by atoms with Crippen LogP contribution in [-0.2, 0) is 16.4 Å². The fourth-order valence-corrected chi connectivity index (χ4v) is 2.14. The zero-order valence-electron chi connectivity index (χ0n) is 11.8. The molecule has 0 saturated carbocycles. The number of nitrogens with zero attached hydrogens (tertiary/aromatic N) is 1. The Hall–Kier alpha value is -1.77. The maximum Gasteiger partial charge on any atom is 0.330 e. The summed E-state index contributed by atoms with van der Waals surface area (Å²) >= 11 is 0. The van der Waals surface area contributed by atoms with E-state index < -0.39 is 21.1 Å². The van der Waals surface area contributed by atoms with Gasteiger partial charge in [-0.15, -0.1) is 0 Å². The summed E-state index contributed by atoms with van der Waals surface area (Å²) in [5.74, 6) is 0.0561. The largest absolute Gasteiger partial charge is 0.383 e. The Bertz CT molecular complexity index is 687. The van der Waals surface area contributed by atoms with Crippen LogP contribution in [0.25, 0.3) is 0 Å². The third-order valence-electron chi connectivity index (χ3n) is 2.56. The van der Waals surface area contributed by atoms with Gasteiger partial charge in [0.15, 0.2) is 0 Å². The van der Waals surface area contributed by atoms with Crippen molar-refractivity contribution in [1.29, 1.82) is 0 Å². The van der Waals surface area contributed by atoms with Gasteiger partial charge in [-0.3, -0.25) is 14.3 Å². The van der Waals surface area contributed by atoms with Gasteiger partial charge in [-0.05, 0) is 5.92 Å². The normalized spacial score (nSPS) is 11.8. The first-order valence-electron chi connectivity index (χ1n) is 6.16. The molecule has 8 nitrogen and oxygen atoms in total. The van der Waals surface area contributed by atoms with E-state index >= 15 is 0 Å². The summed E-state index contributed by atoms with van der Waals surface area (Å²) in [6.07, 6.45) is 1.10. The predicted molar refractivity (Wildman–Crippen MR) is 78.8 cm³/mol. The molecular weight excluding hydrogens is 284 g/mol. The number of nitrogen functional groups attached to an aromatic ring is 1. The van der Waals surface area contributed by atoms with Crippen molar-refractivity contribution < 1.29 is 8.42 Å². The van der Waals surface area contributed by atoms with E-state index in [4.69, 9.17) is 5.73 Å². The van der Waals surface area contributed by atoms with Crippen LogP contribution in [0.3, 0.4) is 0 Å². The van der Waals surface area contributed by atoms with Gasteiger partial charge in [-0.1, -0.05) is 13.8 Å². The summed E-state index contributed by atoms with van der Waals surface area (Å²) in [5.41, 5.74) is 4.61. The van der Waals surface area contributed by atoms with Crippen molar-refractivity contribution in [2.24, 2.45) is 5.92 Å². The Morgan fingerprint density at radius 1 is 1.35 bits per heavy atom. The minimum Gasteiger partial charge on any atom is -0.383 e. The van der Waals surface area contributed by atoms with Crippen molar-refractivity contribution >= 4 is 21.3 Å².